The van der Waals surface area contributed by atoms with Crippen molar-refractivity contribution in [1.29, 1.82) is 0 Å². The molecule has 0 aliphatic heterocycles. The van der Waals surface area contributed by atoms with Crippen LogP contribution in [0.5, 0.6) is 0 Å². The van der Waals surface area contributed by atoms with Crippen LogP contribution >= 0.6 is 0 Å². The molecule has 0 bridgehead atoms. The van der Waals surface area contributed by atoms with Gasteiger partial charge >= 0.3 is 0 Å². The minimum absolute atomic E-state index is 0.0328. The number of amides is 1. The lowest BCUT2D eigenvalue weighted by molar-refractivity contribution is 0.0944. The number of carbonyl (C=O) groups is 1. The van der Waals surface area contributed by atoms with Crippen molar-refractivity contribution >= 4 is 5.91 Å². The fourth-order valence-electron chi connectivity index (χ4n) is 1.63. The van der Waals surface area contributed by atoms with Gasteiger partial charge in [0.25, 0.3) is 12.3 Å². The standard InChI is InChI=1S/C12H11F3N4O/c1-19-17-6-7(18-19)5-16-12(20)9-4-2-3-8(10(9)13)11(14)15/h2-4,6,11H,5H2,1H3,(H,16,20). The van der Waals surface area contributed by atoms with Crippen molar-refractivity contribution in [3.8, 4) is 0 Å². The lowest BCUT2D eigenvalue weighted by Gasteiger charge is -2.07. The summed E-state index contributed by atoms with van der Waals surface area (Å²) >= 11 is 0. The molecule has 106 valence electrons. The van der Waals surface area contributed by atoms with Gasteiger partial charge in [-0.15, -0.1) is 0 Å². The number of aromatic nitrogens is 3. The first-order chi connectivity index (χ1) is 9.49. The van der Waals surface area contributed by atoms with Gasteiger partial charge in [0.2, 0.25) is 0 Å². The molecule has 1 aromatic carbocycles. The highest BCUT2D eigenvalue weighted by Crippen LogP contribution is 2.23. The van der Waals surface area contributed by atoms with Crippen LogP contribution in [-0.4, -0.2) is 20.9 Å². The molecule has 0 unspecified atom stereocenters. The number of benzene rings is 1. The van der Waals surface area contributed by atoms with Crippen LogP contribution in [0.25, 0.3) is 0 Å². The van der Waals surface area contributed by atoms with E-state index in [4.69, 9.17) is 0 Å². The quantitative estimate of drug-likeness (QED) is 0.931. The van der Waals surface area contributed by atoms with Crippen LogP contribution < -0.4 is 5.32 Å². The Hall–Kier alpha value is -2.38. The number of alkyl halides is 2. The van der Waals surface area contributed by atoms with Crippen molar-refractivity contribution in [2.24, 2.45) is 7.05 Å². The van der Waals surface area contributed by atoms with Crippen LogP contribution in [-0.2, 0) is 13.6 Å². The number of carbonyl (C=O) groups excluding carboxylic acids is 1. The molecule has 1 N–H and O–H groups in total. The third-order valence-corrected chi connectivity index (χ3v) is 2.59. The summed E-state index contributed by atoms with van der Waals surface area (Å²) in [6, 6.07) is 3.30. The highest BCUT2D eigenvalue weighted by atomic mass is 19.3. The molecule has 0 fully saturated rings. The summed E-state index contributed by atoms with van der Waals surface area (Å²) in [4.78, 5) is 13.1. The van der Waals surface area contributed by atoms with Gasteiger partial charge in [-0.1, -0.05) is 12.1 Å². The molecule has 20 heavy (non-hydrogen) atoms. The molecular weight excluding hydrogens is 273 g/mol. The third kappa shape index (κ3) is 2.95. The highest BCUT2D eigenvalue weighted by molar-refractivity contribution is 5.94. The molecule has 0 saturated heterocycles. The molecule has 0 spiro atoms. The Morgan fingerprint density at radius 3 is 2.80 bits per heavy atom. The molecule has 2 aromatic rings. The maximum Gasteiger partial charge on any atom is 0.266 e. The lowest BCUT2D eigenvalue weighted by atomic mass is 10.1. The SMILES string of the molecule is Cn1ncc(CNC(=O)c2cccc(C(F)F)c2F)n1. The van der Waals surface area contributed by atoms with Gasteiger partial charge in [0.05, 0.1) is 23.9 Å². The van der Waals surface area contributed by atoms with Crippen molar-refractivity contribution < 1.29 is 18.0 Å². The number of nitrogens with one attached hydrogen (secondary N) is 1. The summed E-state index contributed by atoms with van der Waals surface area (Å²) in [5.74, 6) is -1.99. The fraction of sp³-hybridized carbons (Fsp3) is 0.250. The summed E-state index contributed by atoms with van der Waals surface area (Å²) in [5.41, 5.74) is -0.741. The Morgan fingerprint density at radius 2 is 2.20 bits per heavy atom. The number of rotatable bonds is 4. The largest absolute Gasteiger partial charge is 0.346 e. The van der Waals surface area contributed by atoms with Gasteiger partial charge in [-0.3, -0.25) is 4.79 Å². The Labute approximate surface area is 112 Å². The molecule has 0 radical (unpaired) electrons. The second-order valence-electron chi connectivity index (χ2n) is 4.02. The smallest absolute Gasteiger partial charge is 0.266 e. The van der Waals surface area contributed by atoms with Gasteiger partial charge in [0, 0.05) is 7.05 Å². The Balaban J connectivity index is 2.11. The average Bonchev–Trinajstić information content (AvgIpc) is 2.81. The van der Waals surface area contributed by atoms with Gasteiger partial charge in [-0.25, -0.2) is 13.2 Å². The summed E-state index contributed by atoms with van der Waals surface area (Å²) in [7, 11) is 1.61. The topological polar surface area (TPSA) is 59.8 Å². The normalized spacial score (nSPS) is 10.8. The number of nitrogens with zero attached hydrogens (tertiary/aromatic N) is 3. The van der Waals surface area contributed by atoms with Crippen molar-refractivity contribution in [3.05, 3.63) is 47.0 Å². The molecule has 8 heteroatoms. The first kappa shape index (κ1) is 14.0. The first-order valence-electron chi connectivity index (χ1n) is 5.69. The predicted octanol–water partition coefficient (Wildman–Crippen LogP) is 1.82. The Morgan fingerprint density at radius 1 is 1.45 bits per heavy atom. The zero-order valence-corrected chi connectivity index (χ0v) is 10.5. The van der Waals surface area contributed by atoms with E-state index in [2.05, 4.69) is 15.5 Å². The summed E-state index contributed by atoms with van der Waals surface area (Å²) in [5, 5.41) is 10.1. The number of aryl methyl sites for hydroxylation is 1. The maximum atomic E-state index is 13.7. The minimum Gasteiger partial charge on any atom is -0.346 e. The second kappa shape index (κ2) is 5.72. The molecule has 0 aliphatic carbocycles. The molecule has 2 rings (SSSR count). The van der Waals surface area contributed by atoms with Gasteiger partial charge in [0.15, 0.2) is 0 Å². The van der Waals surface area contributed by atoms with E-state index in [-0.39, 0.29) is 6.54 Å². The van der Waals surface area contributed by atoms with Crippen LogP contribution in [0, 0.1) is 5.82 Å². The van der Waals surface area contributed by atoms with Crippen LogP contribution in [0.4, 0.5) is 13.2 Å². The van der Waals surface area contributed by atoms with Crippen molar-refractivity contribution in [3.63, 3.8) is 0 Å². The zero-order valence-electron chi connectivity index (χ0n) is 10.5. The molecular formula is C12H11F3N4O. The van der Waals surface area contributed by atoms with Gasteiger partial charge in [-0.2, -0.15) is 15.0 Å². The van der Waals surface area contributed by atoms with E-state index in [1.807, 2.05) is 0 Å². The Bertz CT molecular complexity index is 627. The molecule has 1 amide bonds. The number of hydrogen-bond acceptors (Lipinski definition) is 3. The molecule has 1 aromatic heterocycles. The van der Waals surface area contributed by atoms with E-state index < -0.39 is 29.3 Å². The minimum atomic E-state index is -2.97. The van der Waals surface area contributed by atoms with E-state index >= 15 is 0 Å². The summed E-state index contributed by atoms with van der Waals surface area (Å²) < 4.78 is 38.8. The molecule has 0 aliphatic rings. The van der Waals surface area contributed by atoms with Crippen LogP contribution in [0.2, 0.25) is 0 Å². The summed E-state index contributed by atoms with van der Waals surface area (Å²) in [6.07, 6.45) is -1.53. The van der Waals surface area contributed by atoms with Crippen molar-refractivity contribution in [2.75, 3.05) is 0 Å². The van der Waals surface area contributed by atoms with Crippen LogP contribution in [0.15, 0.2) is 24.4 Å². The maximum absolute atomic E-state index is 13.7. The van der Waals surface area contributed by atoms with Crippen LogP contribution in [0.3, 0.4) is 0 Å². The fourth-order valence-corrected chi connectivity index (χ4v) is 1.63. The van der Waals surface area contributed by atoms with Gasteiger partial charge in [0.1, 0.15) is 11.5 Å². The van der Waals surface area contributed by atoms with E-state index in [1.165, 1.54) is 17.1 Å². The van der Waals surface area contributed by atoms with E-state index in [0.29, 0.717) is 5.69 Å². The van der Waals surface area contributed by atoms with E-state index in [1.54, 1.807) is 7.05 Å². The zero-order chi connectivity index (χ0) is 14.7. The number of hydrogen-bond donors (Lipinski definition) is 1. The summed E-state index contributed by atoms with van der Waals surface area (Å²) in [6.45, 7) is 0.0328. The molecule has 1 heterocycles. The monoisotopic (exact) mass is 284 g/mol. The van der Waals surface area contributed by atoms with E-state index in [9.17, 15) is 18.0 Å². The van der Waals surface area contributed by atoms with Crippen molar-refractivity contribution in [1.82, 2.24) is 20.3 Å². The Kier molecular flexibility index (Phi) is 4.02. The lowest BCUT2D eigenvalue weighted by Crippen LogP contribution is -2.24. The third-order valence-electron chi connectivity index (χ3n) is 2.59. The van der Waals surface area contributed by atoms with Gasteiger partial charge < -0.3 is 5.32 Å². The first-order valence-corrected chi connectivity index (χ1v) is 5.69. The average molecular weight is 284 g/mol. The van der Waals surface area contributed by atoms with Crippen LogP contribution in [0.1, 0.15) is 28.0 Å². The second-order valence-corrected chi connectivity index (χ2v) is 4.02. The number of halogens is 3. The molecule has 5 nitrogen and oxygen atoms in total. The van der Waals surface area contributed by atoms with E-state index in [0.717, 1.165) is 12.1 Å². The van der Waals surface area contributed by atoms with Gasteiger partial charge in [-0.05, 0) is 6.07 Å². The molecule has 0 atom stereocenters. The molecule has 0 saturated carbocycles. The highest BCUT2D eigenvalue weighted by Gasteiger charge is 2.19. The van der Waals surface area contributed by atoms with Crippen molar-refractivity contribution in [2.45, 2.75) is 13.0 Å². The predicted molar refractivity (Wildman–Crippen MR) is 63.5 cm³/mol.